The number of nitrogens with one attached hydrogen (secondary N) is 4. The number of aryl methyl sites for hydroxylation is 1. The van der Waals surface area contributed by atoms with Gasteiger partial charge in [0, 0.05) is 20.1 Å². The number of amides is 3. The fraction of sp³-hybridized carbons (Fsp3) is 0.550. The van der Waals surface area contributed by atoms with E-state index in [2.05, 4.69) is 41.5 Å². The lowest BCUT2D eigenvalue weighted by molar-refractivity contribution is 0.0184. The maximum Gasteiger partial charge on any atom is 0.410 e. The number of fused-ring (bicyclic) bond motifs is 1. The monoisotopic (exact) mass is 487 g/mol. The van der Waals surface area contributed by atoms with E-state index in [9.17, 15) is 14.4 Å². The molecular formula is C20H29N11O4. The van der Waals surface area contributed by atoms with Gasteiger partial charge in [-0.2, -0.15) is 10.1 Å². The minimum atomic E-state index is -0.544. The molecule has 1 saturated heterocycles. The fourth-order valence-corrected chi connectivity index (χ4v) is 3.64. The number of ether oxygens (including phenoxy) is 1. The number of H-pyrrole nitrogens is 1. The fourth-order valence-electron chi connectivity index (χ4n) is 3.64. The number of hydrazine groups is 1. The largest absolute Gasteiger partial charge is 0.444 e. The molecule has 0 bridgehead atoms. The minimum Gasteiger partial charge on any atom is -0.444 e. The summed E-state index contributed by atoms with van der Waals surface area (Å²) in [6, 6.07) is -0.437. The van der Waals surface area contributed by atoms with Crippen molar-refractivity contribution in [3.8, 4) is 0 Å². The number of aromatic amines is 1. The number of hydrogen-bond donors (Lipinski definition) is 4. The molecule has 1 fully saturated rings. The second kappa shape index (κ2) is 9.60. The zero-order valence-corrected chi connectivity index (χ0v) is 20.0. The summed E-state index contributed by atoms with van der Waals surface area (Å²) in [4.78, 5) is 44.8. The van der Waals surface area contributed by atoms with Crippen molar-refractivity contribution in [3.05, 3.63) is 28.4 Å². The molecule has 4 N–H and O–H groups in total. The summed E-state index contributed by atoms with van der Waals surface area (Å²) in [6.07, 6.45) is 4.34. The zero-order chi connectivity index (χ0) is 25.2. The number of carbonyl (C=O) groups excluding carboxylic acids is 2. The van der Waals surface area contributed by atoms with Crippen molar-refractivity contribution in [2.45, 2.75) is 51.8 Å². The molecule has 0 aromatic carbocycles. The summed E-state index contributed by atoms with van der Waals surface area (Å²) in [5, 5.41) is 15.3. The van der Waals surface area contributed by atoms with Gasteiger partial charge in [0.25, 0.3) is 5.56 Å². The molecule has 1 aliphatic rings. The predicted octanol–water partition coefficient (Wildman–Crippen LogP) is 0.646. The van der Waals surface area contributed by atoms with E-state index in [4.69, 9.17) is 4.74 Å². The lowest BCUT2D eigenvalue weighted by Crippen LogP contribution is -2.42. The average molecular weight is 488 g/mol. The topological polar surface area (TPSA) is 177 Å². The van der Waals surface area contributed by atoms with E-state index in [-0.39, 0.29) is 30.2 Å². The van der Waals surface area contributed by atoms with E-state index in [1.807, 2.05) is 20.8 Å². The number of aromatic nitrogens is 7. The summed E-state index contributed by atoms with van der Waals surface area (Å²) in [7, 11) is 1.66. The Morgan fingerprint density at radius 1 is 1.26 bits per heavy atom. The molecule has 0 spiro atoms. The van der Waals surface area contributed by atoms with Gasteiger partial charge in [-0.3, -0.25) is 19.9 Å². The van der Waals surface area contributed by atoms with Crippen molar-refractivity contribution in [2.75, 3.05) is 18.5 Å². The van der Waals surface area contributed by atoms with Gasteiger partial charge in [-0.25, -0.2) is 19.7 Å². The molecule has 35 heavy (non-hydrogen) atoms. The third kappa shape index (κ3) is 5.85. The molecule has 0 saturated carbocycles. The first-order valence-corrected chi connectivity index (χ1v) is 11.2. The van der Waals surface area contributed by atoms with Gasteiger partial charge >= 0.3 is 12.1 Å². The Balaban J connectivity index is 1.23. The highest BCUT2D eigenvalue weighted by Crippen LogP contribution is 2.23. The molecule has 3 amide bonds. The molecule has 15 heteroatoms. The number of rotatable bonds is 5. The molecule has 0 radical (unpaired) electrons. The number of nitrogens with zero attached hydrogens (tertiary/aromatic N) is 7. The van der Waals surface area contributed by atoms with Gasteiger partial charge in [-0.1, -0.05) is 5.21 Å². The van der Waals surface area contributed by atoms with Crippen LogP contribution in [0.1, 0.15) is 45.3 Å². The van der Waals surface area contributed by atoms with E-state index in [0.29, 0.717) is 29.8 Å². The van der Waals surface area contributed by atoms with Crippen LogP contribution in [0.25, 0.3) is 11.0 Å². The lowest BCUT2D eigenvalue weighted by Gasteiger charge is -2.33. The molecule has 0 aliphatic carbocycles. The van der Waals surface area contributed by atoms with Gasteiger partial charge in [0.05, 0.1) is 25.0 Å². The molecule has 15 nitrogen and oxygen atoms in total. The normalized spacial score (nSPS) is 14.7. The Morgan fingerprint density at radius 3 is 2.71 bits per heavy atom. The van der Waals surface area contributed by atoms with Crippen LogP contribution < -0.4 is 21.7 Å². The van der Waals surface area contributed by atoms with Crippen molar-refractivity contribution < 1.29 is 14.3 Å². The van der Waals surface area contributed by atoms with Gasteiger partial charge in [0.2, 0.25) is 5.95 Å². The highest BCUT2D eigenvalue weighted by molar-refractivity contribution is 5.76. The molecule has 3 aromatic rings. The maximum absolute atomic E-state index is 12.2. The molecule has 3 aromatic heterocycles. The van der Waals surface area contributed by atoms with Crippen LogP contribution in [0.4, 0.5) is 15.5 Å². The Hall–Kier alpha value is -4.17. The molecule has 0 atom stereocenters. The number of hydrogen-bond acceptors (Lipinski definition) is 9. The maximum atomic E-state index is 12.2. The predicted molar refractivity (Wildman–Crippen MR) is 124 cm³/mol. The van der Waals surface area contributed by atoms with Crippen molar-refractivity contribution >= 4 is 29.1 Å². The van der Waals surface area contributed by atoms with Gasteiger partial charge in [0.1, 0.15) is 16.7 Å². The molecule has 188 valence electrons. The number of likely N-dealkylation sites (tertiary alicyclic amines) is 1. The average Bonchev–Trinajstić information content (AvgIpc) is 3.43. The highest BCUT2D eigenvalue weighted by atomic mass is 16.6. The summed E-state index contributed by atoms with van der Waals surface area (Å²) < 4.78 is 8.65. The van der Waals surface area contributed by atoms with E-state index in [1.54, 1.807) is 22.8 Å². The first kappa shape index (κ1) is 24.0. The minimum absolute atomic E-state index is 0.0740. The van der Waals surface area contributed by atoms with Crippen LogP contribution >= 0.6 is 0 Å². The quantitative estimate of drug-likeness (QED) is 0.376. The van der Waals surface area contributed by atoms with Crippen LogP contribution in [-0.4, -0.2) is 70.5 Å². The molecule has 0 unspecified atom stereocenters. The highest BCUT2D eigenvalue weighted by Gasteiger charge is 2.28. The van der Waals surface area contributed by atoms with E-state index in [0.717, 1.165) is 12.8 Å². The number of urea groups is 1. The third-order valence-electron chi connectivity index (χ3n) is 5.37. The third-order valence-corrected chi connectivity index (χ3v) is 5.37. The summed E-state index contributed by atoms with van der Waals surface area (Å²) >= 11 is 0. The molecular weight excluding hydrogens is 458 g/mol. The molecule has 1 aliphatic heterocycles. The first-order valence-electron chi connectivity index (χ1n) is 11.2. The van der Waals surface area contributed by atoms with Crippen LogP contribution in [0.15, 0.2) is 17.2 Å². The lowest BCUT2D eigenvalue weighted by atomic mass is 10.1. The Bertz CT molecular complexity index is 1260. The Kier molecular flexibility index (Phi) is 6.57. The zero-order valence-electron chi connectivity index (χ0n) is 20.0. The van der Waals surface area contributed by atoms with Crippen LogP contribution in [0.5, 0.6) is 0 Å². The van der Waals surface area contributed by atoms with E-state index in [1.165, 1.54) is 10.9 Å². The van der Waals surface area contributed by atoms with Gasteiger partial charge in [-0.15, -0.1) is 5.10 Å². The van der Waals surface area contributed by atoms with Crippen molar-refractivity contribution in [3.63, 3.8) is 0 Å². The van der Waals surface area contributed by atoms with Crippen LogP contribution in [0.3, 0.4) is 0 Å². The van der Waals surface area contributed by atoms with Crippen molar-refractivity contribution in [1.82, 2.24) is 50.4 Å². The smallest absolute Gasteiger partial charge is 0.410 e. The number of carbonyl (C=O) groups is 2. The van der Waals surface area contributed by atoms with Crippen molar-refractivity contribution in [1.29, 1.82) is 0 Å². The first-order chi connectivity index (χ1) is 16.6. The summed E-state index contributed by atoms with van der Waals surface area (Å²) in [6.45, 7) is 6.83. The number of piperidine rings is 1. The van der Waals surface area contributed by atoms with E-state index < -0.39 is 11.6 Å². The van der Waals surface area contributed by atoms with Crippen molar-refractivity contribution in [2.24, 2.45) is 7.05 Å². The van der Waals surface area contributed by atoms with Crippen LogP contribution in [0, 0.1) is 0 Å². The Morgan fingerprint density at radius 2 is 2.00 bits per heavy atom. The van der Waals surface area contributed by atoms with Gasteiger partial charge in [-0.05, 0) is 33.6 Å². The SMILES string of the molecule is Cn1ncc2c(=O)[nH]c(NNC(=O)NCc3cn(C4CCN(C(=O)OC(C)(C)C)CC4)nn3)nc21. The van der Waals surface area contributed by atoms with Crippen LogP contribution in [-0.2, 0) is 18.3 Å². The second-order valence-electron chi connectivity index (χ2n) is 9.24. The summed E-state index contributed by atoms with van der Waals surface area (Å²) in [5.74, 6) is 0.0740. The van der Waals surface area contributed by atoms with E-state index >= 15 is 0 Å². The second-order valence-corrected chi connectivity index (χ2v) is 9.24. The molecule has 4 rings (SSSR count). The van der Waals surface area contributed by atoms with Gasteiger partial charge in [0.15, 0.2) is 5.65 Å². The van der Waals surface area contributed by atoms with Crippen LogP contribution in [0.2, 0.25) is 0 Å². The summed E-state index contributed by atoms with van der Waals surface area (Å²) in [5.41, 5.74) is 5.03. The molecule has 4 heterocycles. The van der Waals surface area contributed by atoms with Gasteiger partial charge < -0.3 is 15.0 Å². The number of anilines is 1. The Labute approximate surface area is 200 Å². The standard InChI is InChI=1S/C20H29N11O4/c1-20(2,3)35-19(34)30-7-5-13(6-8-30)31-11-12(25-28-31)9-21-18(33)27-26-17-23-15-14(16(32)24-17)10-22-29(15)4/h10-11,13H,5-9H2,1-4H3,(H2,21,27,33)(H2,23,24,26,32).